The molecule has 1 aromatic rings. The molecule has 1 aromatic heterocycles. The summed E-state index contributed by atoms with van der Waals surface area (Å²) in [5, 5.41) is 3.48. The van der Waals surface area contributed by atoms with Crippen molar-refractivity contribution in [3.63, 3.8) is 0 Å². The Morgan fingerprint density at radius 3 is 2.77 bits per heavy atom. The number of rotatable bonds is 4. The average molecular weight is 262 g/mol. The summed E-state index contributed by atoms with van der Waals surface area (Å²) in [7, 11) is 0. The largest absolute Gasteiger partial charge is 0.309 e. The third-order valence-corrected chi connectivity index (χ3v) is 4.28. The van der Waals surface area contributed by atoms with Crippen LogP contribution in [-0.2, 0) is 6.54 Å². The van der Waals surface area contributed by atoms with Gasteiger partial charge in [0.15, 0.2) is 0 Å². The highest BCUT2D eigenvalue weighted by atomic mass is 79.9. The van der Waals surface area contributed by atoms with Crippen molar-refractivity contribution in [2.45, 2.75) is 39.8 Å². The summed E-state index contributed by atoms with van der Waals surface area (Å²) in [5.74, 6) is 0. The Kier molecular flexibility index (Phi) is 4.42. The zero-order valence-corrected chi connectivity index (χ0v) is 10.8. The molecule has 0 amide bonds. The van der Waals surface area contributed by atoms with E-state index >= 15 is 0 Å². The SMILES string of the molecule is CCC(C)NCc1cc(Br)c(C)s1. The summed E-state index contributed by atoms with van der Waals surface area (Å²) in [4.78, 5) is 2.77. The molecular formula is C10H16BrNS. The number of nitrogens with one attached hydrogen (secondary N) is 1. The Bertz CT molecular complexity index is 250. The topological polar surface area (TPSA) is 12.0 Å². The van der Waals surface area contributed by atoms with E-state index < -0.39 is 0 Å². The van der Waals surface area contributed by atoms with Gasteiger partial charge in [-0.2, -0.15) is 0 Å². The van der Waals surface area contributed by atoms with Crippen LogP contribution >= 0.6 is 27.3 Å². The van der Waals surface area contributed by atoms with Crippen LogP contribution < -0.4 is 5.32 Å². The van der Waals surface area contributed by atoms with Crippen molar-refractivity contribution in [2.75, 3.05) is 0 Å². The third kappa shape index (κ3) is 3.41. The predicted molar refractivity (Wildman–Crippen MR) is 63.3 cm³/mol. The van der Waals surface area contributed by atoms with Gasteiger partial charge in [-0.1, -0.05) is 6.92 Å². The molecule has 1 unspecified atom stereocenters. The molecule has 1 rings (SSSR count). The summed E-state index contributed by atoms with van der Waals surface area (Å²) in [6, 6.07) is 2.82. The van der Waals surface area contributed by atoms with Gasteiger partial charge in [0.2, 0.25) is 0 Å². The Morgan fingerprint density at radius 1 is 1.62 bits per heavy atom. The molecule has 0 aromatic carbocycles. The van der Waals surface area contributed by atoms with Crippen LogP contribution in [0.5, 0.6) is 0 Å². The van der Waals surface area contributed by atoms with E-state index in [1.165, 1.54) is 20.6 Å². The molecule has 1 atom stereocenters. The minimum atomic E-state index is 0.612. The summed E-state index contributed by atoms with van der Waals surface area (Å²) < 4.78 is 1.23. The summed E-state index contributed by atoms with van der Waals surface area (Å²) >= 11 is 5.38. The fraction of sp³-hybridized carbons (Fsp3) is 0.600. The van der Waals surface area contributed by atoms with Gasteiger partial charge in [0.05, 0.1) is 0 Å². The Balaban J connectivity index is 2.45. The highest BCUT2D eigenvalue weighted by Gasteiger charge is 2.03. The van der Waals surface area contributed by atoms with E-state index in [0.29, 0.717) is 6.04 Å². The Hall–Kier alpha value is 0.140. The molecule has 0 radical (unpaired) electrons. The molecule has 13 heavy (non-hydrogen) atoms. The van der Waals surface area contributed by atoms with Gasteiger partial charge in [0, 0.05) is 26.8 Å². The molecule has 0 bridgehead atoms. The third-order valence-electron chi connectivity index (χ3n) is 2.15. The number of thiophene rings is 1. The van der Waals surface area contributed by atoms with Gasteiger partial charge in [-0.25, -0.2) is 0 Å². The zero-order valence-electron chi connectivity index (χ0n) is 8.36. The van der Waals surface area contributed by atoms with Crippen molar-refractivity contribution in [2.24, 2.45) is 0 Å². The van der Waals surface area contributed by atoms with E-state index in [-0.39, 0.29) is 0 Å². The highest BCUT2D eigenvalue weighted by Crippen LogP contribution is 2.26. The Labute approximate surface area is 92.7 Å². The lowest BCUT2D eigenvalue weighted by atomic mass is 10.2. The first-order chi connectivity index (χ1) is 6.13. The van der Waals surface area contributed by atoms with Crippen molar-refractivity contribution in [1.82, 2.24) is 5.32 Å². The fourth-order valence-corrected chi connectivity index (χ4v) is 2.58. The minimum Gasteiger partial charge on any atom is -0.309 e. The Morgan fingerprint density at radius 2 is 2.31 bits per heavy atom. The maximum atomic E-state index is 3.52. The molecule has 1 heterocycles. The number of aryl methyl sites for hydroxylation is 1. The molecule has 0 aliphatic rings. The van der Waals surface area contributed by atoms with Crippen LogP contribution in [0.1, 0.15) is 30.0 Å². The molecule has 0 spiro atoms. The quantitative estimate of drug-likeness (QED) is 0.872. The second-order valence-electron chi connectivity index (χ2n) is 3.31. The zero-order chi connectivity index (χ0) is 9.84. The monoisotopic (exact) mass is 261 g/mol. The van der Waals surface area contributed by atoms with Gasteiger partial charge >= 0.3 is 0 Å². The molecule has 0 fully saturated rings. The number of halogens is 1. The smallest absolute Gasteiger partial charge is 0.0314 e. The van der Waals surface area contributed by atoms with Crippen molar-refractivity contribution in [3.05, 3.63) is 20.3 Å². The summed E-state index contributed by atoms with van der Waals surface area (Å²) in [6.07, 6.45) is 1.19. The lowest BCUT2D eigenvalue weighted by Crippen LogP contribution is -2.23. The van der Waals surface area contributed by atoms with Crippen molar-refractivity contribution in [1.29, 1.82) is 0 Å². The first kappa shape index (κ1) is 11.2. The molecule has 0 aliphatic carbocycles. The van der Waals surface area contributed by atoms with Gasteiger partial charge < -0.3 is 5.32 Å². The molecule has 0 saturated heterocycles. The second kappa shape index (κ2) is 5.13. The van der Waals surface area contributed by atoms with Crippen LogP contribution in [0, 0.1) is 6.92 Å². The number of hydrogen-bond acceptors (Lipinski definition) is 2. The van der Waals surface area contributed by atoms with E-state index in [9.17, 15) is 0 Å². The molecule has 3 heteroatoms. The van der Waals surface area contributed by atoms with Crippen molar-refractivity contribution in [3.8, 4) is 0 Å². The van der Waals surface area contributed by atoms with E-state index in [1.54, 1.807) is 0 Å². The molecular weight excluding hydrogens is 246 g/mol. The van der Waals surface area contributed by atoms with E-state index in [4.69, 9.17) is 0 Å². The first-order valence-electron chi connectivity index (χ1n) is 4.61. The summed E-state index contributed by atoms with van der Waals surface area (Å²) in [5.41, 5.74) is 0. The van der Waals surface area contributed by atoms with Gasteiger partial charge in [-0.3, -0.25) is 0 Å². The van der Waals surface area contributed by atoms with E-state index in [0.717, 1.165) is 6.54 Å². The van der Waals surface area contributed by atoms with Crippen LogP contribution in [0.2, 0.25) is 0 Å². The minimum absolute atomic E-state index is 0.612. The van der Waals surface area contributed by atoms with Crippen LogP contribution in [0.4, 0.5) is 0 Å². The second-order valence-corrected chi connectivity index (χ2v) is 5.50. The molecule has 1 nitrogen and oxygen atoms in total. The lowest BCUT2D eigenvalue weighted by Gasteiger charge is -2.09. The van der Waals surface area contributed by atoms with E-state index in [1.807, 2.05) is 11.3 Å². The lowest BCUT2D eigenvalue weighted by molar-refractivity contribution is 0.537. The molecule has 74 valence electrons. The maximum absolute atomic E-state index is 3.52. The highest BCUT2D eigenvalue weighted by molar-refractivity contribution is 9.10. The standard InChI is InChI=1S/C10H16BrNS/c1-4-7(2)12-6-9-5-10(11)8(3)13-9/h5,7,12H,4,6H2,1-3H3. The van der Waals surface area contributed by atoms with Crippen molar-refractivity contribution >= 4 is 27.3 Å². The van der Waals surface area contributed by atoms with Crippen LogP contribution in [0.15, 0.2) is 10.5 Å². The maximum Gasteiger partial charge on any atom is 0.0314 e. The van der Waals surface area contributed by atoms with Crippen LogP contribution in [0.25, 0.3) is 0 Å². The van der Waals surface area contributed by atoms with E-state index in [2.05, 4.69) is 48.1 Å². The summed E-state index contributed by atoms with van der Waals surface area (Å²) in [6.45, 7) is 7.55. The fourth-order valence-electron chi connectivity index (χ4n) is 1.02. The first-order valence-corrected chi connectivity index (χ1v) is 6.22. The predicted octanol–water partition coefficient (Wildman–Crippen LogP) is 3.71. The average Bonchev–Trinajstić information content (AvgIpc) is 2.42. The molecule has 1 N–H and O–H groups in total. The van der Waals surface area contributed by atoms with Crippen LogP contribution in [-0.4, -0.2) is 6.04 Å². The van der Waals surface area contributed by atoms with Gasteiger partial charge in [-0.15, -0.1) is 11.3 Å². The molecule has 0 saturated carbocycles. The van der Waals surface area contributed by atoms with Gasteiger partial charge in [-0.05, 0) is 42.3 Å². The van der Waals surface area contributed by atoms with Gasteiger partial charge in [0.25, 0.3) is 0 Å². The van der Waals surface area contributed by atoms with Crippen LogP contribution in [0.3, 0.4) is 0 Å². The molecule has 0 aliphatic heterocycles. The number of hydrogen-bond donors (Lipinski definition) is 1. The van der Waals surface area contributed by atoms with Gasteiger partial charge in [0.1, 0.15) is 0 Å². The normalized spacial score (nSPS) is 13.2. The van der Waals surface area contributed by atoms with Crippen molar-refractivity contribution < 1.29 is 0 Å².